The lowest BCUT2D eigenvalue weighted by Gasteiger charge is -2.07. The van der Waals surface area contributed by atoms with E-state index in [-0.39, 0.29) is 17.1 Å². The van der Waals surface area contributed by atoms with E-state index in [0.29, 0.717) is 4.88 Å². The summed E-state index contributed by atoms with van der Waals surface area (Å²) in [7, 11) is 0. The number of benzene rings is 2. The molecule has 0 aliphatic carbocycles. The lowest BCUT2D eigenvalue weighted by Crippen LogP contribution is -2.41. The van der Waals surface area contributed by atoms with Gasteiger partial charge in [-0.15, -0.1) is 11.3 Å². The molecule has 0 atom stereocenters. The minimum Gasteiger partial charge on any atom is -0.435 e. The Balaban J connectivity index is 1.58. The largest absolute Gasteiger partial charge is 0.435 e. The molecule has 0 spiro atoms. The summed E-state index contributed by atoms with van der Waals surface area (Å²) in [5.41, 5.74) is 5.44. The van der Waals surface area contributed by atoms with Gasteiger partial charge in [-0.25, -0.2) is 4.39 Å². The summed E-state index contributed by atoms with van der Waals surface area (Å²) in [6.45, 7) is -2.95. The van der Waals surface area contributed by atoms with Crippen LogP contribution in [0.5, 0.6) is 5.75 Å². The van der Waals surface area contributed by atoms with Crippen LogP contribution in [0.1, 0.15) is 20.0 Å². The van der Waals surface area contributed by atoms with Crippen LogP contribution in [0.3, 0.4) is 0 Å². The Morgan fingerprint density at radius 2 is 1.50 bits per heavy atom. The maximum Gasteiger partial charge on any atom is 0.387 e. The van der Waals surface area contributed by atoms with Gasteiger partial charge in [-0.2, -0.15) is 8.78 Å². The highest BCUT2D eigenvalue weighted by Crippen LogP contribution is 2.28. The van der Waals surface area contributed by atoms with E-state index >= 15 is 0 Å². The van der Waals surface area contributed by atoms with Crippen LogP contribution in [0.4, 0.5) is 13.2 Å². The smallest absolute Gasteiger partial charge is 0.387 e. The minimum atomic E-state index is -2.95. The standard InChI is InChI=1S/C19H13F3N2O3S/c20-13-5-1-11(2-6-13)15-9-10-16(28-15)18(26)24-23-17(25)12-3-7-14(8-4-12)27-19(21)22/h1-10,19H,(H,23,25)(H,24,26). The number of carbonyl (C=O) groups excluding carboxylic acids is 2. The number of carbonyl (C=O) groups is 2. The highest BCUT2D eigenvalue weighted by molar-refractivity contribution is 7.17. The average molecular weight is 406 g/mol. The first-order chi connectivity index (χ1) is 13.4. The number of rotatable bonds is 5. The number of alkyl halides is 2. The van der Waals surface area contributed by atoms with E-state index in [2.05, 4.69) is 15.6 Å². The van der Waals surface area contributed by atoms with Crippen molar-refractivity contribution in [3.05, 3.63) is 76.9 Å². The molecule has 0 radical (unpaired) electrons. The SMILES string of the molecule is O=C(NNC(=O)c1ccc(-c2ccc(F)cc2)s1)c1ccc(OC(F)F)cc1. The predicted octanol–water partition coefficient (Wildman–Crippen LogP) is 4.23. The van der Waals surface area contributed by atoms with Gasteiger partial charge >= 0.3 is 6.61 Å². The topological polar surface area (TPSA) is 67.4 Å². The summed E-state index contributed by atoms with van der Waals surface area (Å²) in [5, 5.41) is 0. The Kier molecular flexibility index (Phi) is 5.95. The summed E-state index contributed by atoms with van der Waals surface area (Å²) >= 11 is 1.18. The van der Waals surface area contributed by atoms with Crippen molar-refractivity contribution in [2.24, 2.45) is 0 Å². The van der Waals surface area contributed by atoms with Gasteiger partial charge in [0, 0.05) is 10.4 Å². The summed E-state index contributed by atoms with van der Waals surface area (Å²) in [4.78, 5) is 25.3. The van der Waals surface area contributed by atoms with Gasteiger partial charge in [0.25, 0.3) is 11.8 Å². The molecule has 0 unspecified atom stereocenters. The second-order valence-electron chi connectivity index (χ2n) is 5.48. The molecule has 3 aromatic rings. The second-order valence-corrected chi connectivity index (χ2v) is 6.57. The molecule has 0 saturated heterocycles. The molecule has 0 aliphatic heterocycles. The number of hydrogen-bond donors (Lipinski definition) is 2. The van der Waals surface area contributed by atoms with E-state index in [1.807, 2.05) is 0 Å². The number of hydrazine groups is 1. The van der Waals surface area contributed by atoms with Gasteiger partial charge in [-0.1, -0.05) is 12.1 Å². The van der Waals surface area contributed by atoms with E-state index in [0.717, 1.165) is 10.4 Å². The Labute approximate surface area is 161 Å². The molecule has 0 bridgehead atoms. The molecule has 3 rings (SSSR count). The first kappa shape index (κ1) is 19.4. The Hall–Kier alpha value is -3.33. The number of amides is 2. The molecule has 0 aliphatic rings. The first-order valence-corrected chi connectivity index (χ1v) is 8.75. The van der Waals surface area contributed by atoms with Crippen molar-refractivity contribution in [2.75, 3.05) is 0 Å². The van der Waals surface area contributed by atoms with Crippen LogP contribution in [-0.2, 0) is 0 Å². The molecule has 0 fully saturated rings. The fraction of sp³-hybridized carbons (Fsp3) is 0.0526. The van der Waals surface area contributed by atoms with E-state index < -0.39 is 18.4 Å². The first-order valence-electron chi connectivity index (χ1n) is 7.94. The molecule has 28 heavy (non-hydrogen) atoms. The quantitative estimate of drug-likeness (QED) is 0.623. The molecule has 5 nitrogen and oxygen atoms in total. The van der Waals surface area contributed by atoms with Crippen molar-refractivity contribution in [1.82, 2.24) is 10.9 Å². The Bertz CT molecular complexity index is 973. The number of thiophene rings is 1. The molecule has 2 N–H and O–H groups in total. The van der Waals surface area contributed by atoms with Crippen LogP contribution in [-0.4, -0.2) is 18.4 Å². The molecule has 1 heterocycles. The molecule has 2 aromatic carbocycles. The van der Waals surface area contributed by atoms with Gasteiger partial charge in [-0.05, 0) is 54.1 Å². The van der Waals surface area contributed by atoms with E-state index in [1.54, 1.807) is 24.3 Å². The van der Waals surface area contributed by atoms with Gasteiger partial charge in [-0.3, -0.25) is 20.4 Å². The van der Waals surface area contributed by atoms with Gasteiger partial charge in [0.05, 0.1) is 4.88 Å². The zero-order valence-electron chi connectivity index (χ0n) is 14.1. The summed E-state index contributed by atoms with van der Waals surface area (Å²) in [6, 6.07) is 14.2. The summed E-state index contributed by atoms with van der Waals surface area (Å²) < 4.78 is 41.4. The van der Waals surface area contributed by atoms with Crippen LogP contribution in [0, 0.1) is 5.82 Å². The van der Waals surface area contributed by atoms with Gasteiger partial charge in [0.2, 0.25) is 0 Å². The van der Waals surface area contributed by atoms with Crippen molar-refractivity contribution >= 4 is 23.2 Å². The van der Waals surface area contributed by atoms with Crippen LogP contribution in [0.15, 0.2) is 60.7 Å². The maximum absolute atomic E-state index is 13.0. The predicted molar refractivity (Wildman–Crippen MR) is 97.7 cm³/mol. The van der Waals surface area contributed by atoms with E-state index in [9.17, 15) is 22.8 Å². The molecule has 9 heteroatoms. The molecule has 2 amide bonds. The fourth-order valence-electron chi connectivity index (χ4n) is 2.26. The van der Waals surface area contributed by atoms with Gasteiger partial charge in [0.15, 0.2) is 0 Å². The third-order valence-electron chi connectivity index (χ3n) is 3.59. The number of nitrogens with one attached hydrogen (secondary N) is 2. The fourth-order valence-corrected chi connectivity index (χ4v) is 3.17. The normalized spacial score (nSPS) is 10.6. The molecular weight excluding hydrogens is 393 g/mol. The monoisotopic (exact) mass is 406 g/mol. The third-order valence-corrected chi connectivity index (χ3v) is 4.72. The van der Waals surface area contributed by atoms with Crippen molar-refractivity contribution < 1.29 is 27.5 Å². The molecule has 0 saturated carbocycles. The maximum atomic E-state index is 13.0. The van der Waals surface area contributed by atoms with Gasteiger partial charge in [0.1, 0.15) is 11.6 Å². The minimum absolute atomic E-state index is 0.0810. The van der Waals surface area contributed by atoms with Gasteiger partial charge < -0.3 is 4.74 Å². The van der Waals surface area contributed by atoms with Crippen LogP contribution in [0.2, 0.25) is 0 Å². The van der Waals surface area contributed by atoms with Crippen molar-refractivity contribution in [3.8, 4) is 16.2 Å². The van der Waals surface area contributed by atoms with Crippen LogP contribution < -0.4 is 15.6 Å². The lowest BCUT2D eigenvalue weighted by molar-refractivity contribution is -0.0498. The zero-order valence-corrected chi connectivity index (χ0v) is 14.9. The molecule has 1 aromatic heterocycles. The van der Waals surface area contributed by atoms with Crippen LogP contribution in [0.25, 0.3) is 10.4 Å². The van der Waals surface area contributed by atoms with Crippen molar-refractivity contribution in [1.29, 1.82) is 0 Å². The van der Waals surface area contributed by atoms with Crippen LogP contribution >= 0.6 is 11.3 Å². The Morgan fingerprint density at radius 1 is 0.857 bits per heavy atom. The number of hydrogen-bond acceptors (Lipinski definition) is 4. The molecular formula is C19H13F3N2O3S. The van der Waals surface area contributed by atoms with E-state index in [1.165, 1.54) is 47.7 Å². The van der Waals surface area contributed by atoms with Crippen molar-refractivity contribution in [3.63, 3.8) is 0 Å². The summed E-state index contributed by atoms with van der Waals surface area (Å²) in [6.07, 6.45) is 0. The molecule has 144 valence electrons. The number of ether oxygens (including phenoxy) is 1. The highest BCUT2D eigenvalue weighted by Gasteiger charge is 2.13. The Morgan fingerprint density at radius 3 is 2.14 bits per heavy atom. The van der Waals surface area contributed by atoms with Crippen molar-refractivity contribution in [2.45, 2.75) is 6.61 Å². The third kappa shape index (κ3) is 4.89. The zero-order chi connectivity index (χ0) is 20.1. The number of halogens is 3. The summed E-state index contributed by atoms with van der Waals surface area (Å²) in [5.74, 6) is -1.58. The highest BCUT2D eigenvalue weighted by atomic mass is 32.1. The van der Waals surface area contributed by atoms with E-state index in [4.69, 9.17) is 0 Å². The average Bonchev–Trinajstić information content (AvgIpc) is 3.17. The lowest BCUT2D eigenvalue weighted by atomic mass is 10.2. The second kappa shape index (κ2) is 8.57.